The van der Waals surface area contributed by atoms with Gasteiger partial charge in [-0.05, 0) is 97.7 Å². The van der Waals surface area contributed by atoms with Gasteiger partial charge in [-0.2, -0.15) is 0 Å². The predicted octanol–water partition coefficient (Wildman–Crippen LogP) is 12.8. The lowest BCUT2D eigenvalue weighted by Crippen LogP contribution is -2.08. The van der Waals surface area contributed by atoms with Crippen LogP contribution in [0.4, 0.5) is 0 Å². The first-order valence-electron chi connectivity index (χ1n) is 16.3. The molecule has 2 nitrogen and oxygen atoms in total. The lowest BCUT2D eigenvalue weighted by Gasteiger charge is -2.22. The fourth-order valence-corrected chi connectivity index (χ4v) is 8.56. The van der Waals surface area contributed by atoms with E-state index >= 15 is 0 Å². The Hall–Kier alpha value is -4.99. The average molecular weight is 611 g/mol. The van der Waals surface area contributed by atoms with Crippen molar-refractivity contribution in [1.29, 1.82) is 0 Å². The smallest absolute Gasteiger partial charge is 0.145 e. The Balaban J connectivity index is 1.32. The summed E-state index contributed by atoms with van der Waals surface area (Å²) in [6, 6.07) is 45.0. The summed E-state index contributed by atoms with van der Waals surface area (Å²) in [5.41, 5.74) is 7.28. The molecule has 2 heterocycles. The van der Waals surface area contributed by atoms with Crippen LogP contribution < -0.4 is 0 Å². The molecule has 0 aliphatic carbocycles. The van der Waals surface area contributed by atoms with Gasteiger partial charge in [-0.1, -0.05) is 107 Å². The highest BCUT2D eigenvalue weighted by Gasteiger charge is 2.22. The highest BCUT2D eigenvalue weighted by atomic mass is 32.1. The molecule has 222 valence electrons. The first-order chi connectivity index (χ1) is 22.5. The van der Waals surface area contributed by atoms with Crippen molar-refractivity contribution < 1.29 is 0 Å². The Morgan fingerprint density at radius 3 is 2.02 bits per heavy atom. The molecule has 0 N–H and O–H groups in total. The Labute approximate surface area is 272 Å². The molecule has 0 aliphatic heterocycles. The Kier molecular flexibility index (Phi) is 6.10. The van der Waals surface area contributed by atoms with E-state index in [0.717, 1.165) is 22.4 Å². The molecule has 0 bridgehead atoms. The van der Waals surface area contributed by atoms with E-state index in [0.29, 0.717) is 11.8 Å². The maximum Gasteiger partial charge on any atom is 0.145 e. The molecule has 0 saturated heterocycles. The largest absolute Gasteiger partial charge is 0.292 e. The van der Waals surface area contributed by atoms with Gasteiger partial charge in [-0.25, -0.2) is 4.98 Å². The number of aromatic nitrogens is 2. The molecule has 46 heavy (non-hydrogen) atoms. The standard InChI is InChI=1S/C43H34N2S/c1-25(2)30-12-9-13-31(26(3)4)42(30)45-39-15-8-7-14-38(39)44-43(45)29-18-21-40-36(22-29)37-24-35-28(23-41(37)46-40)17-20-33-32-11-6-5-10-27(32)16-19-34(33)35/h5-26H,1-4H3. The van der Waals surface area contributed by atoms with E-state index in [-0.39, 0.29) is 0 Å². The summed E-state index contributed by atoms with van der Waals surface area (Å²) in [6.07, 6.45) is 0. The number of rotatable bonds is 4. The normalized spacial score (nSPS) is 12.3. The first-order valence-corrected chi connectivity index (χ1v) is 17.1. The van der Waals surface area contributed by atoms with Gasteiger partial charge in [0.1, 0.15) is 5.82 Å². The van der Waals surface area contributed by atoms with Gasteiger partial charge in [0.15, 0.2) is 0 Å². The van der Waals surface area contributed by atoms with E-state index in [1.54, 1.807) is 0 Å². The van der Waals surface area contributed by atoms with Crippen LogP contribution in [0.25, 0.3) is 80.6 Å². The quantitative estimate of drug-likeness (QED) is 0.181. The Morgan fingerprint density at radius 2 is 1.22 bits per heavy atom. The Bertz CT molecular complexity index is 2630. The van der Waals surface area contributed by atoms with Crippen molar-refractivity contribution in [3.05, 3.63) is 132 Å². The van der Waals surface area contributed by atoms with Gasteiger partial charge in [-0.15, -0.1) is 11.3 Å². The number of benzene rings is 7. The zero-order chi connectivity index (χ0) is 31.1. The molecule has 0 unspecified atom stereocenters. The molecule has 0 spiro atoms. The molecule has 0 amide bonds. The topological polar surface area (TPSA) is 17.8 Å². The minimum atomic E-state index is 0.381. The number of nitrogens with zero attached hydrogens (tertiary/aromatic N) is 2. The van der Waals surface area contributed by atoms with Crippen LogP contribution >= 0.6 is 11.3 Å². The van der Waals surface area contributed by atoms with Crippen molar-refractivity contribution in [1.82, 2.24) is 9.55 Å². The predicted molar refractivity (Wildman–Crippen MR) is 200 cm³/mol. The molecular formula is C43H34N2S. The number of fused-ring (bicyclic) bond motifs is 9. The van der Waals surface area contributed by atoms with Crippen molar-refractivity contribution in [2.24, 2.45) is 0 Å². The van der Waals surface area contributed by atoms with Crippen LogP contribution in [0.1, 0.15) is 50.7 Å². The van der Waals surface area contributed by atoms with Crippen LogP contribution in [0.3, 0.4) is 0 Å². The molecule has 0 aliphatic rings. The number of hydrogen-bond donors (Lipinski definition) is 0. The first kappa shape index (κ1) is 27.3. The second-order valence-electron chi connectivity index (χ2n) is 13.2. The maximum absolute atomic E-state index is 5.32. The summed E-state index contributed by atoms with van der Waals surface area (Å²) in [6.45, 7) is 9.18. The van der Waals surface area contributed by atoms with E-state index in [9.17, 15) is 0 Å². The van der Waals surface area contributed by atoms with Crippen molar-refractivity contribution >= 4 is 74.9 Å². The van der Waals surface area contributed by atoms with Crippen LogP contribution in [0.15, 0.2) is 121 Å². The number of hydrogen-bond acceptors (Lipinski definition) is 2. The van der Waals surface area contributed by atoms with Crippen LogP contribution in [-0.4, -0.2) is 9.55 Å². The second-order valence-corrected chi connectivity index (χ2v) is 14.3. The molecule has 0 saturated carbocycles. The molecule has 9 aromatic rings. The number of imidazole rings is 1. The second kappa shape index (κ2) is 10.3. The third-order valence-electron chi connectivity index (χ3n) is 9.72. The summed E-state index contributed by atoms with van der Waals surface area (Å²) >= 11 is 1.88. The van der Waals surface area contributed by atoms with Crippen molar-refractivity contribution in [2.75, 3.05) is 0 Å². The van der Waals surface area contributed by atoms with Crippen LogP contribution in [0.5, 0.6) is 0 Å². The van der Waals surface area contributed by atoms with Gasteiger partial charge in [0.25, 0.3) is 0 Å². The van der Waals surface area contributed by atoms with Gasteiger partial charge >= 0.3 is 0 Å². The van der Waals surface area contributed by atoms with Crippen LogP contribution in [-0.2, 0) is 0 Å². The lowest BCUT2D eigenvalue weighted by atomic mass is 9.92. The molecule has 2 aromatic heterocycles. The van der Waals surface area contributed by atoms with Crippen LogP contribution in [0, 0.1) is 0 Å². The third-order valence-corrected chi connectivity index (χ3v) is 10.9. The van der Waals surface area contributed by atoms with Gasteiger partial charge < -0.3 is 0 Å². The third kappa shape index (κ3) is 4.05. The van der Waals surface area contributed by atoms with Gasteiger partial charge in [0.2, 0.25) is 0 Å². The summed E-state index contributed by atoms with van der Waals surface area (Å²) in [4.78, 5) is 5.32. The number of para-hydroxylation sites is 3. The Morgan fingerprint density at radius 1 is 0.522 bits per heavy atom. The minimum absolute atomic E-state index is 0.381. The summed E-state index contributed by atoms with van der Waals surface area (Å²) in [5.74, 6) is 1.76. The molecule has 0 fully saturated rings. The van der Waals surface area contributed by atoms with Gasteiger partial charge in [0.05, 0.1) is 16.7 Å². The van der Waals surface area contributed by atoms with E-state index in [1.807, 2.05) is 11.3 Å². The molecule has 3 heteroatoms. The van der Waals surface area contributed by atoms with Crippen molar-refractivity contribution in [3.63, 3.8) is 0 Å². The van der Waals surface area contributed by atoms with Crippen molar-refractivity contribution in [3.8, 4) is 17.1 Å². The lowest BCUT2D eigenvalue weighted by molar-refractivity contribution is 0.811. The summed E-state index contributed by atoms with van der Waals surface area (Å²) in [5, 5.41) is 10.4. The fourth-order valence-electron chi connectivity index (χ4n) is 7.45. The van der Waals surface area contributed by atoms with E-state index in [4.69, 9.17) is 4.98 Å². The van der Waals surface area contributed by atoms with E-state index in [2.05, 4.69) is 154 Å². The number of thiophene rings is 1. The molecule has 9 rings (SSSR count). The fraction of sp³-hybridized carbons (Fsp3) is 0.140. The molecular weight excluding hydrogens is 577 g/mol. The van der Waals surface area contributed by atoms with Gasteiger partial charge in [-0.3, -0.25) is 4.57 Å². The van der Waals surface area contributed by atoms with Crippen LogP contribution in [0.2, 0.25) is 0 Å². The zero-order valence-electron chi connectivity index (χ0n) is 26.5. The average Bonchev–Trinajstić information content (AvgIpc) is 3.64. The van der Waals surface area contributed by atoms with E-state index < -0.39 is 0 Å². The monoisotopic (exact) mass is 610 g/mol. The zero-order valence-corrected chi connectivity index (χ0v) is 27.3. The minimum Gasteiger partial charge on any atom is -0.292 e. The van der Waals surface area contributed by atoms with Crippen molar-refractivity contribution in [2.45, 2.75) is 39.5 Å². The highest BCUT2D eigenvalue weighted by molar-refractivity contribution is 7.25. The van der Waals surface area contributed by atoms with E-state index in [1.165, 1.54) is 69.3 Å². The van der Waals surface area contributed by atoms with Gasteiger partial charge in [0, 0.05) is 25.7 Å². The molecule has 0 radical (unpaired) electrons. The summed E-state index contributed by atoms with van der Waals surface area (Å²) < 4.78 is 5.06. The highest BCUT2D eigenvalue weighted by Crippen LogP contribution is 2.42. The maximum atomic E-state index is 5.32. The summed E-state index contributed by atoms with van der Waals surface area (Å²) in [7, 11) is 0. The SMILES string of the molecule is CC(C)c1cccc(C(C)C)c1-n1c(-c2ccc3sc4cc5ccc6c7ccccc7ccc6c5cc4c3c2)nc2ccccc21. The molecule has 7 aromatic carbocycles. The molecule has 0 atom stereocenters.